The first-order valence-corrected chi connectivity index (χ1v) is 9.61. The number of H-pyrrole nitrogens is 1. The van der Waals surface area contributed by atoms with E-state index in [2.05, 4.69) is 15.1 Å². The Kier molecular flexibility index (Phi) is 4.48. The Bertz CT molecular complexity index is 1160. The molecule has 1 N–H and O–H groups in total. The smallest absolute Gasteiger partial charge is 0.263 e. The van der Waals surface area contributed by atoms with E-state index in [4.69, 9.17) is 39.2 Å². The summed E-state index contributed by atoms with van der Waals surface area (Å²) in [4.78, 5) is 19.9. The highest BCUT2D eigenvalue weighted by atomic mass is 35.5. The summed E-state index contributed by atoms with van der Waals surface area (Å²) >= 11 is 20.0. The molecule has 4 rings (SSSR count). The van der Waals surface area contributed by atoms with Crippen LogP contribution >= 0.6 is 46.6 Å². The molecule has 0 atom stereocenters. The average molecular weight is 428 g/mol. The number of nitrogens with one attached hydrogen (secondary N) is 1. The fraction of sp³-hybridized carbons (Fsp3) is 0.0625. The SMILES string of the molecule is CSc1nn(-c2c(Cl)cc(Cl)cc2Cl)c2nc(-c3ccco3)[nH]c(=O)c12. The highest BCUT2D eigenvalue weighted by molar-refractivity contribution is 7.98. The number of benzene rings is 1. The van der Waals surface area contributed by atoms with Crippen LogP contribution < -0.4 is 5.56 Å². The third-order valence-electron chi connectivity index (χ3n) is 3.65. The van der Waals surface area contributed by atoms with Gasteiger partial charge in [0.15, 0.2) is 17.2 Å². The molecular formula is C16H9Cl3N4O2S. The van der Waals surface area contributed by atoms with Gasteiger partial charge in [-0.25, -0.2) is 9.67 Å². The molecule has 3 heterocycles. The zero-order valence-corrected chi connectivity index (χ0v) is 16.2. The first-order chi connectivity index (χ1) is 12.5. The molecule has 0 saturated heterocycles. The normalized spacial score (nSPS) is 11.4. The van der Waals surface area contributed by atoms with Crippen LogP contribution in [0.1, 0.15) is 0 Å². The first kappa shape index (κ1) is 17.5. The minimum Gasteiger partial charge on any atom is -0.461 e. The van der Waals surface area contributed by atoms with Crippen LogP contribution in [0, 0.1) is 0 Å². The van der Waals surface area contributed by atoms with Crippen molar-refractivity contribution < 1.29 is 4.42 Å². The predicted molar refractivity (Wildman–Crippen MR) is 104 cm³/mol. The average Bonchev–Trinajstić information content (AvgIpc) is 3.22. The van der Waals surface area contributed by atoms with Crippen molar-refractivity contribution in [2.45, 2.75) is 5.03 Å². The Hall–Kier alpha value is -1.93. The van der Waals surface area contributed by atoms with E-state index in [0.717, 1.165) is 0 Å². The molecule has 4 aromatic rings. The molecule has 6 nitrogen and oxygen atoms in total. The van der Waals surface area contributed by atoms with Crippen LogP contribution in [0.3, 0.4) is 0 Å². The van der Waals surface area contributed by atoms with E-state index in [9.17, 15) is 4.79 Å². The summed E-state index contributed by atoms with van der Waals surface area (Å²) in [6.45, 7) is 0. The van der Waals surface area contributed by atoms with Crippen LogP contribution in [0.2, 0.25) is 15.1 Å². The second-order valence-electron chi connectivity index (χ2n) is 5.23. The van der Waals surface area contributed by atoms with E-state index in [1.807, 2.05) is 6.26 Å². The maximum atomic E-state index is 12.7. The van der Waals surface area contributed by atoms with Crippen LogP contribution in [0.4, 0.5) is 0 Å². The van der Waals surface area contributed by atoms with Crippen LogP contribution in [0.5, 0.6) is 0 Å². The molecule has 3 aromatic heterocycles. The van der Waals surface area contributed by atoms with Crippen molar-refractivity contribution in [1.29, 1.82) is 0 Å². The number of aromatic amines is 1. The van der Waals surface area contributed by atoms with E-state index < -0.39 is 0 Å². The number of hydrogen-bond donors (Lipinski definition) is 1. The van der Waals surface area contributed by atoms with Gasteiger partial charge in [0.1, 0.15) is 16.1 Å². The van der Waals surface area contributed by atoms with Gasteiger partial charge in [0.05, 0.1) is 16.3 Å². The van der Waals surface area contributed by atoms with Crippen LogP contribution in [0.25, 0.3) is 28.3 Å². The summed E-state index contributed by atoms with van der Waals surface area (Å²) in [7, 11) is 0. The van der Waals surface area contributed by atoms with Crippen molar-refractivity contribution in [1.82, 2.24) is 19.7 Å². The molecule has 0 aliphatic rings. The highest BCUT2D eigenvalue weighted by Crippen LogP contribution is 2.35. The lowest BCUT2D eigenvalue weighted by atomic mass is 10.3. The van der Waals surface area contributed by atoms with Gasteiger partial charge in [0.2, 0.25) is 0 Å². The maximum absolute atomic E-state index is 12.7. The number of nitrogens with zero attached hydrogens (tertiary/aromatic N) is 3. The summed E-state index contributed by atoms with van der Waals surface area (Å²) in [6.07, 6.45) is 3.31. The Morgan fingerprint density at radius 3 is 2.58 bits per heavy atom. The van der Waals surface area contributed by atoms with Gasteiger partial charge in [-0.3, -0.25) is 4.79 Å². The van der Waals surface area contributed by atoms with Gasteiger partial charge in [0, 0.05) is 5.02 Å². The fourth-order valence-electron chi connectivity index (χ4n) is 2.56. The van der Waals surface area contributed by atoms with Crippen molar-refractivity contribution >= 4 is 57.6 Å². The molecule has 1 aromatic carbocycles. The molecular weight excluding hydrogens is 419 g/mol. The lowest BCUT2D eigenvalue weighted by Crippen LogP contribution is -2.10. The van der Waals surface area contributed by atoms with E-state index in [1.54, 1.807) is 24.3 Å². The van der Waals surface area contributed by atoms with Crippen LogP contribution in [-0.4, -0.2) is 26.0 Å². The molecule has 0 amide bonds. The van der Waals surface area contributed by atoms with Gasteiger partial charge in [-0.05, 0) is 30.5 Å². The minimum atomic E-state index is -0.335. The van der Waals surface area contributed by atoms with Crippen LogP contribution in [0.15, 0.2) is 44.8 Å². The van der Waals surface area contributed by atoms with Crippen LogP contribution in [-0.2, 0) is 0 Å². The molecule has 0 aliphatic carbocycles. The van der Waals surface area contributed by atoms with E-state index in [-0.39, 0.29) is 11.4 Å². The lowest BCUT2D eigenvalue weighted by Gasteiger charge is -2.08. The molecule has 0 spiro atoms. The molecule has 10 heteroatoms. The molecule has 0 fully saturated rings. The Morgan fingerprint density at radius 2 is 1.96 bits per heavy atom. The summed E-state index contributed by atoms with van der Waals surface area (Å²) < 4.78 is 6.78. The molecule has 26 heavy (non-hydrogen) atoms. The zero-order chi connectivity index (χ0) is 18.4. The predicted octanol–water partition coefficient (Wildman–Crippen LogP) is 5.05. The van der Waals surface area contributed by atoms with Crippen molar-refractivity contribution in [3.05, 3.63) is 56.0 Å². The van der Waals surface area contributed by atoms with Crippen molar-refractivity contribution in [3.8, 4) is 17.3 Å². The van der Waals surface area contributed by atoms with Gasteiger partial charge in [-0.1, -0.05) is 34.8 Å². The third-order valence-corrected chi connectivity index (χ3v) is 5.11. The lowest BCUT2D eigenvalue weighted by molar-refractivity contribution is 0.577. The standard InChI is InChI=1S/C16H9Cl3N4O2S/c1-26-16-11-14(20-13(21-15(11)24)10-3-2-4-25-10)23(22-16)12-8(18)5-7(17)6-9(12)19/h2-6H,1H3,(H,20,21,24). The second-order valence-corrected chi connectivity index (χ2v) is 7.28. The van der Waals surface area contributed by atoms with Gasteiger partial charge >= 0.3 is 0 Å². The van der Waals surface area contributed by atoms with Crippen molar-refractivity contribution in [2.75, 3.05) is 6.26 Å². The van der Waals surface area contributed by atoms with Gasteiger partial charge in [0.25, 0.3) is 5.56 Å². The number of rotatable bonds is 3. The van der Waals surface area contributed by atoms with E-state index in [1.165, 1.54) is 22.7 Å². The minimum absolute atomic E-state index is 0.280. The molecule has 0 saturated carbocycles. The zero-order valence-electron chi connectivity index (χ0n) is 13.1. The monoisotopic (exact) mass is 426 g/mol. The van der Waals surface area contributed by atoms with Crippen molar-refractivity contribution in [2.24, 2.45) is 0 Å². The number of fused-ring (bicyclic) bond motifs is 1. The summed E-state index contributed by atoms with van der Waals surface area (Å²) in [5, 5.41) is 6.29. The molecule has 0 unspecified atom stereocenters. The molecule has 0 radical (unpaired) electrons. The summed E-state index contributed by atoms with van der Waals surface area (Å²) in [5.41, 5.74) is 0.375. The number of aromatic nitrogens is 4. The summed E-state index contributed by atoms with van der Waals surface area (Å²) in [5.74, 6) is 0.707. The van der Waals surface area contributed by atoms with Gasteiger partial charge in [-0.2, -0.15) is 5.10 Å². The van der Waals surface area contributed by atoms with Gasteiger partial charge in [-0.15, -0.1) is 11.8 Å². The van der Waals surface area contributed by atoms with Crippen molar-refractivity contribution in [3.63, 3.8) is 0 Å². The maximum Gasteiger partial charge on any atom is 0.263 e. The topological polar surface area (TPSA) is 76.7 Å². The second kappa shape index (κ2) is 6.66. The fourth-order valence-corrected chi connectivity index (χ4v) is 4.09. The van der Waals surface area contributed by atoms with Gasteiger partial charge < -0.3 is 9.40 Å². The molecule has 0 aliphatic heterocycles. The number of furan rings is 1. The largest absolute Gasteiger partial charge is 0.461 e. The Balaban J connectivity index is 2.09. The Labute approximate surface area is 166 Å². The third kappa shape index (κ3) is 2.81. The quantitative estimate of drug-likeness (QED) is 0.463. The molecule has 0 bridgehead atoms. The Morgan fingerprint density at radius 1 is 1.23 bits per heavy atom. The number of thioether (sulfide) groups is 1. The highest BCUT2D eigenvalue weighted by Gasteiger charge is 2.21. The first-order valence-electron chi connectivity index (χ1n) is 7.25. The molecule has 132 valence electrons. The number of halogens is 3. The summed E-state index contributed by atoms with van der Waals surface area (Å²) in [6, 6.07) is 6.51. The number of hydrogen-bond acceptors (Lipinski definition) is 5. The van der Waals surface area contributed by atoms with E-state index in [0.29, 0.717) is 42.6 Å². The van der Waals surface area contributed by atoms with E-state index >= 15 is 0 Å².